The summed E-state index contributed by atoms with van der Waals surface area (Å²) in [5.41, 5.74) is 3.55. The largest absolute Gasteiger partial charge is 0.369 e. The molecule has 2 aliphatic rings. The van der Waals surface area contributed by atoms with Crippen molar-refractivity contribution in [2.45, 2.75) is 37.6 Å². The highest BCUT2D eigenvalue weighted by atomic mass is 19.1. The molecule has 0 amide bonds. The molecule has 2 fully saturated rings. The summed E-state index contributed by atoms with van der Waals surface area (Å²) in [6, 6.07) is 5.19. The lowest BCUT2D eigenvalue weighted by atomic mass is 9.73. The fraction of sp³-hybridized carbons (Fsp3) is 0.409. The molecule has 0 saturated carbocycles. The molecule has 8 heteroatoms. The number of nitrogens with zero attached hydrogens (tertiary/aromatic N) is 4. The fourth-order valence-electron chi connectivity index (χ4n) is 5.22. The van der Waals surface area contributed by atoms with Gasteiger partial charge in [-0.3, -0.25) is 4.98 Å². The van der Waals surface area contributed by atoms with Crippen LogP contribution in [-0.4, -0.2) is 58.5 Å². The Labute approximate surface area is 175 Å². The zero-order valence-electron chi connectivity index (χ0n) is 16.9. The average molecular weight is 404 g/mol. The number of H-pyrrole nitrogens is 1. The third-order valence-corrected chi connectivity index (χ3v) is 6.59. The molecule has 2 saturated heterocycles. The molecule has 1 N–H and O–H groups in total. The summed E-state index contributed by atoms with van der Waals surface area (Å²) in [7, 11) is 1.73. The molecular formula is C22H24BFN5O. The summed E-state index contributed by atoms with van der Waals surface area (Å²) in [4.78, 5) is 28.0. The van der Waals surface area contributed by atoms with Crippen molar-refractivity contribution >= 4 is 30.3 Å². The number of hydrogen-bond acceptors (Lipinski definition) is 5. The van der Waals surface area contributed by atoms with Gasteiger partial charge in [-0.1, -0.05) is 6.42 Å². The number of aromatic amines is 1. The number of fused-ring (bicyclic) bond motifs is 1. The number of aromatic nitrogens is 3. The predicted molar refractivity (Wildman–Crippen MR) is 117 cm³/mol. The maximum Gasteiger partial charge on any atom is 0.293 e. The van der Waals surface area contributed by atoms with Crippen LogP contribution in [0.4, 0.5) is 10.1 Å². The number of hydrogen-bond donors (Lipinski definition) is 1. The van der Waals surface area contributed by atoms with Gasteiger partial charge in [-0.05, 0) is 50.4 Å². The molecule has 3 aromatic rings. The van der Waals surface area contributed by atoms with Crippen LogP contribution in [0.3, 0.4) is 0 Å². The summed E-state index contributed by atoms with van der Waals surface area (Å²) in [5, 5.41) is 1.01. The second-order valence-electron chi connectivity index (χ2n) is 8.30. The molecule has 0 aromatic carbocycles. The first-order valence-electron chi connectivity index (χ1n) is 10.6. The Balaban J connectivity index is 1.55. The van der Waals surface area contributed by atoms with Crippen LogP contribution < -0.4 is 4.90 Å². The second kappa shape index (κ2) is 7.83. The lowest BCUT2D eigenvalue weighted by Gasteiger charge is -2.52. The van der Waals surface area contributed by atoms with Crippen LogP contribution in [0, 0.1) is 5.82 Å². The summed E-state index contributed by atoms with van der Waals surface area (Å²) in [6.45, 7) is 2.77. The van der Waals surface area contributed by atoms with Gasteiger partial charge in [0.15, 0.2) is 0 Å². The smallest absolute Gasteiger partial charge is 0.293 e. The SMILES string of the molecule is O=C[B]N1CCCCC12CCCN(c1ccnc3[nH]cc(-c4ccc(F)cn4)c13)C2. The van der Waals surface area contributed by atoms with Crippen LogP contribution in [-0.2, 0) is 4.79 Å². The van der Waals surface area contributed by atoms with E-state index in [1.54, 1.807) is 13.5 Å². The predicted octanol–water partition coefficient (Wildman–Crippen LogP) is 3.40. The van der Waals surface area contributed by atoms with Crippen molar-refractivity contribution in [2.75, 3.05) is 24.5 Å². The average Bonchev–Trinajstić information content (AvgIpc) is 3.21. The fourth-order valence-corrected chi connectivity index (χ4v) is 5.22. The third-order valence-electron chi connectivity index (χ3n) is 6.59. The van der Waals surface area contributed by atoms with Gasteiger partial charge in [-0.25, -0.2) is 9.37 Å². The van der Waals surface area contributed by atoms with Gasteiger partial charge in [0.1, 0.15) is 11.5 Å². The van der Waals surface area contributed by atoms with E-state index in [-0.39, 0.29) is 11.4 Å². The quantitative estimate of drug-likeness (QED) is 0.534. The minimum absolute atomic E-state index is 0.00238. The number of pyridine rings is 2. The molecular weight excluding hydrogens is 380 g/mol. The van der Waals surface area contributed by atoms with Crippen molar-refractivity contribution in [3.05, 3.63) is 42.6 Å². The maximum atomic E-state index is 13.4. The molecule has 153 valence electrons. The Morgan fingerprint density at radius 3 is 2.87 bits per heavy atom. The van der Waals surface area contributed by atoms with E-state index in [2.05, 4.69) is 30.7 Å². The molecule has 0 bridgehead atoms. The van der Waals surface area contributed by atoms with E-state index in [0.29, 0.717) is 0 Å². The molecule has 3 aromatic heterocycles. The molecule has 0 aliphatic carbocycles. The zero-order valence-corrected chi connectivity index (χ0v) is 16.9. The topological polar surface area (TPSA) is 65.1 Å². The minimum Gasteiger partial charge on any atom is -0.369 e. The van der Waals surface area contributed by atoms with Crippen molar-refractivity contribution in [3.8, 4) is 11.3 Å². The molecule has 1 radical (unpaired) electrons. The molecule has 5 heterocycles. The number of carbonyl (C=O) groups excluding carboxylic acids is 1. The first kappa shape index (κ1) is 19.2. The molecule has 2 aliphatic heterocycles. The van der Waals surface area contributed by atoms with Gasteiger partial charge in [0, 0.05) is 36.6 Å². The van der Waals surface area contributed by atoms with Gasteiger partial charge in [-0.2, -0.15) is 0 Å². The van der Waals surface area contributed by atoms with Crippen LogP contribution >= 0.6 is 0 Å². The highest BCUT2D eigenvalue weighted by Crippen LogP contribution is 2.40. The van der Waals surface area contributed by atoms with Crippen molar-refractivity contribution in [1.29, 1.82) is 0 Å². The highest BCUT2D eigenvalue weighted by molar-refractivity contribution is 6.64. The molecule has 1 spiro atoms. The number of nitrogens with one attached hydrogen (secondary N) is 1. The van der Waals surface area contributed by atoms with Gasteiger partial charge >= 0.3 is 0 Å². The number of rotatable bonds is 4. The Bertz CT molecular complexity index is 1050. The van der Waals surface area contributed by atoms with Crippen molar-refractivity contribution in [2.24, 2.45) is 0 Å². The lowest BCUT2D eigenvalue weighted by molar-refractivity contribution is 0.111. The monoisotopic (exact) mass is 404 g/mol. The van der Waals surface area contributed by atoms with Crippen LogP contribution in [0.15, 0.2) is 36.8 Å². The number of carbonyl (C=O) groups is 1. The van der Waals surface area contributed by atoms with Gasteiger partial charge in [0.2, 0.25) is 0 Å². The first-order chi connectivity index (χ1) is 14.7. The number of halogens is 1. The van der Waals surface area contributed by atoms with Gasteiger partial charge in [-0.15, -0.1) is 0 Å². The van der Waals surface area contributed by atoms with Gasteiger partial charge < -0.3 is 19.5 Å². The van der Waals surface area contributed by atoms with Crippen molar-refractivity contribution in [1.82, 2.24) is 19.8 Å². The lowest BCUT2D eigenvalue weighted by Crippen LogP contribution is -2.62. The third kappa shape index (κ3) is 3.29. The van der Waals surface area contributed by atoms with E-state index in [1.807, 2.05) is 12.4 Å². The van der Waals surface area contributed by atoms with E-state index in [1.165, 1.54) is 18.7 Å². The summed E-state index contributed by atoms with van der Waals surface area (Å²) < 4.78 is 13.4. The van der Waals surface area contributed by atoms with Crippen LogP contribution in [0.2, 0.25) is 0 Å². The van der Waals surface area contributed by atoms with E-state index in [4.69, 9.17) is 0 Å². The van der Waals surface area contributed by atoms with E-state index in [0.717, 1.165) is 79.5 Å². The highest BCUT2D eigenvalue weighted by Gasteiger charge is 2.42. The van der Waals surface area contributed by atoms with Crippen LogP contribution in [0.1, 0.15) is 32.1 Å². The van der Waals surface area contributed by atoms with Crippen LogP contribution in [0.5, 0.6) is 0 Å². The summed E-state index contributed by atoms with van der Waals surface area (Å²) in [5.74, 6) is -0.348. The van der Waals surface area contributed by atoms with Crippen LogP contribution in [0.25, 0.3) is 22.3 Å². The van der Waals surface area contributed by atoms with E-state index >= 15 is 0 Å². The number of piperidine rings is 2. The summed E-state index contributed by atoms with van der Waals surface area (Å²) in [6.07, 6.45) is 11.5. The molecule has 5 rings (SSSR count). The number of anilines is 1. The molecule has 1 atom stereocenters. The second-order valence-corrected chi connectivity index (χ2v) is 8.30. The molecule has 1 unspecified atom stereocenters. The Kier molecular flexibility index (Phi) is 5.02. The zero-order chi connectivity index (χ0) is 20.6. The molecule has 6 nitrogen and oxygen atoms in total. The van der Waals surface area contributed by atoms with Crippen molar-refractivity contribution in [3.63, 3.8) is 0 Å². The van der Waals surface area contributed by atoms with Gasteiger partial charge in [0.25, 0.3) is 7.41 Å². The summed E-state index contributed by atoms with van der Waals surface area (Å²) >= 11 is 0. The molecule has 30 heavy (non-hydrogen) atoms. The standard InChI is InChI=1S/C22H24BFN5O/c24-16-4-5-18(26-12-16)17-13-27-21-20(17)19(6-9-25-21)28-10-3-8-22(14-28)7-1-2-11-29(22)23-15-30/h4-6,9,12-13,15H,1-3,7-8,10-11,14H2,(H,25,27). The normalized spacial score (nSPS) is 22.5. The van der Waals surface area contributed by atoms with E-state index in [9.17, 15) is 9.18 Å². The minimum atomic E-state index is -0.348. The van der Waals surface area contributed by atoms with E-state index < -0.39 is 0 Å². The van der Waals surface area contributed by atoms with Crippen molar-refractivity contribution < 1.29 is 9.18 Å². The maximum absolute atomic E-state index is 13.4. The first-order valence-corrected chi connectivity index (χ1v) is 10.6. The Hall–Kier alpha value is -2.74. The van der Waals surface area contributed by atoms with Gasteiger partial charge in [0.05, 0.1) is 29.1 Å². The Morgan fingerprint density at radius 1 is 1.13 bits per heavy atom. The Morgan fingerprint density at radius 2 is 2.03 bits per heavy atom.